The zero-order valence-electron chi connectivity index (χ0n) is 10.7. The van der Waals surface area contributed by atoms with E-state index in [1.54, 1.807) is 21.1 Å². The van der Waals surface area contributed by atoms with Crippen LogP contribution in [0, 0.1) is 0 Å². The molecule has 17 heavy (non-hydrogen) atoms. The zero-order chi connectivity index (χ0) is 12.7. The maximum absolute atomic E-state index is 11.1. The average Bonchev–Trinajstić information content (AvgIpc) is 2.72. The number of ether oxygens (including phenoxy) is 3. The van der Waals surface area contributed by atoms with Crippen LogP contribution in [0.3, 0.4) is 0 Å². The van der Waals surface area contributed by atoms with E-state index in [1.807, 2.05) is 6.08 Å². The van der Waals surface area contributed by atoms with E-state index in [4.69, 9.17) is 14.2 Å². The molecular weight excluding hydrogens is 222 g/mol. The highest BCUT2D eigenvalue weighted by Gasteiger charge is 2.31. The Labute approximate surface area is 102 Å². The molecule has 0 aliphatic carbocycles. The number of likely N-dealkylation sites (tertiary alicyclic amines) is 1. The number of carbonyl (C=O) groups is 1. The van der Waals surface area contributed by atoms with Gasteiger partial charge in [-0.3, -0.25) is 4.90 Å². The van der Waals surface area contributed by atoms with Gasteiger partial charge in [0.25, 0.3) is 0 Å². The summed E-state index contributed by atoms with van der Waals surface area (Å²) in [5.41, 5.74) is 0. The topological polar surface area (TPSA) is 48.0 Å². The molecule has 5 nitrogen and oxygen atoms in total. The molecule has 0 radical (unpaired) electrons. The summed E-state index contributed by atoms with van der Waals surface area (Å²) in [5.74, 6) is -0.293. The molecule has 0 aromatic heterocycles. The number of hydrogen-bond donors (Lipinski definition) is 0. The molecule has 0 aromatic carbocycles. The van der Waals surface area contributed by atoms with Gasteiger partial charge in [-0.25, -0.2) is 4.79 Å². The van der Waals surface area contributed by atoms with Crippen molar-refractivity contribution in [2.24, 2.45) is 0 Å². The second-order valence-electron chi connectivity index (χ2n) is 3.92. The molecule has 98 valence electrons. The molecule has 1 aliphatic heterocycles. The van der Waals surface area contributed by atoms with Crippen molar-refractivity contribution in [1.82, 2.24) is 4.90 Å². The molecule has 1 fully saturated rings. The molecule has 0 saturated carbocycles. The van der Waals surface area contributed by atoms with Gasteiger partial charge in [0.2, 0.25) is 0 Å². The third kappa shape index (κ3) is 4.46. The molecule has 1 aliphatic rings. The number of rotatable bonds is 6. The van der Waals surface area contributed by atoms with Crippen molar-refractivity contribution in [3.8, 4) is 0 Å². The summed E-state index contributed by atoms with van der Waals surface area (Å²) in [6, 6.07) is 0. The van der Waals surface area contributed by atoms with E-state index in [1.165, 1.54) is 6.08 Å². The van der Waals surface area contributed by atoms with Gasteiger partial charge in [0.15, 0.2) is 0 Å². The second kappa shape index (κ2) is 7.42. The highest BCUT2D eigenvalue weighted by Crippen LogP contribution is 2.15. The van der Waals surface area contributed by atoms with Crippen molar-refractivity contribution >= 4 is 5.97 Å². The summed E-state index contributed by atoms with van der Waals surface area (Å²) in [6.45, 7) is 4.55. The van der Waals surface area contributed by atoms with Gasteiger partial charge in [-0.1, -0.05) is 6.08 Å². The first-order valence-electron chi connectivity index (χ1n) is 5.82. The standard InChI is InChI=1S/C12H21NO4/c1-4-17-12(14)6-5-7-13-8-10(15-2)11(9-13)16-3/h5-6,10-11H,4,7-9H2,1-3H3/b6-5+. The lowest BCUT2D eigenvalue weighted by atomic mass is 10.3. The highest BCUT2D eigenvalue weighted by atomic mass is 16.5. The molecule has 1 heterocycles. The maximum Gasteiger partial charge on any atom is 0.330 e. The number of methoxy groups -OCH3 is 2. The fraction of sp³-hybridized carbons (Fsp3) is 0.750. The predicted molar refractivity (Wildman–Crippen MR) is 63.8 cm³/mol. The van der Waals surface area contributed by atoms with Gasteiger partial charge in [-0.2, -0.15) is 0 Å². The minimum absolute atomic E-state index is 0.107. The number of nitrogens with zero attached hydrogens (tertiary/aromatic N) is 1. The summed E-state index contributed by atoms with van der Waals surface area (Å²) < 4.78 is 15.5. The van der Waals surface area contributed by atoms with Crippen molar-refractivity contribution in [3.63, 3.8) is 0 Å². The van der Waals surface area contributed by atoms with Crippen LogP contribution in [0.5, 0.6) is 0 Å². The smallest absolute Gasteiger partial charge is 0.330 e. The number of esters is 1. The Balaban J connectivity index is 2.32. The lowest BCUT2D eigenvalue weighted by Gasteiger charge is -2.13. The van der Waals surface area contributed by atoms with Crippen molar-refractivity contribution < 1.29 is 19.0 Å². The molecule has 2 atom stereocenters. The summed E-state index contributed by atoms with van der Waals surface area (Å²) in [6.07, 6.45) is 3.49. The van der Waals surface area contributed by atoms with Gasteiger partial charge in [0, 0.05) is 39.9 Å². The van der Waals surface area contributed by atoms with Gasteiger partial charge < -0.3 is 14.2 Å². The molecule has 0 spiro atoms. The summed E-state index contributed by atoms with van der Waals surface area (Å²) in [7, 11) is 3.38. The van der Waals surface area contributed by atoms with E-state index < -0.39 is 0 Å². The number of carbonyl (C=O) groups excluding carboxylic acids is 1. The fourth-order valence-corrected chi connectivity index (χ4v) is 1.91. The van der Waals surface area contributed by atoms with E-state index in [-0.39, 0.29) is 18.2 Å². The zero-order valence-corrected chi connectivity index (χ0v) is 10.7. The molecule has 0 bridgehead atoms. The third-order valence-corrected chi connectivity index (χ3v) is 2.80. The van der Waals surface area contributed by atoms with Crippen LogP contribution in [0.2, 0.25) is 0 Å². The van der Waals surface area contributed by atoms with Crippen LogP contribution in [0.1, 0.15) is 6.92 Å². The van der Waals surface area contributed by atoms with Crippen LogP contribution in [0.4, 0.5) is 0 Å². The van der Waals surface area contributed by atoms with Crippen LogP contribution in [0.15, 0.2) is 12.2 Å². The Hall–Kier alpha value is -0.910. The lowest BCUT2D eigenvalue weighted by molar-refractivity contribution is -0.137. The van der Waals surface area contributed by atoms with E-state index in [0.29, 0.717) is 13.2 Å². The van der Waals surface area contributed by atoms with E-state index in [2.05, 4.69) is 4.90 Å². The van der Waals surface area contributed by atoms with E-state index in [9.17, 15) is 4.79 Å². The monoisotopic (exact) mass is 243 g/mol. The molecule has 5 heteroatoms. The second-order valence-corrected chi connectivity index (χ2v) is 3.92. The normalized spacial score (nSPS) is 25.6. The van der Waals surface area contributed by atoms with Crippen LogP contribution < -0.4 is 0 Å². The number of hydrogen-bond acceptors (Lipinski definition) is 5. The van der Waals surface area contributed by atoms with E-state index >= 15 is 0 Å². The van der Waals surface area contributed by atoms with Gasteiger partial charge in [0.05, 0.1) is 18.8 Å². The van der Waals surface area contributed by atoms with Crippen molar-refractivity contribution in [2.75, 3.05) is 40.5 Å². The summed E-state index contributed by atoms with van der Waals surface area (Å²) in [5, 5.41) is 0. The molecule has 0 aromatic rings. The lowest BCUT2D eigenvalue weighted by Crippen LogP contribution is -2.27. The van der Waals surface area contributed by atoms with Crippen molar-refractivity contribution in [2.45, 2.75) is 19.1 Å². The van der Waals surface area contributed by atoms with Crippen LogP contribution in [-0.2, 0) is 19.0 Å². The molecular formula is C12H21NO4. The SMILES string of the molecule is CCOC(=O)/C=C/CN1CC(OC)C(OC)C1. The van der Waals surface area contributed by atoms with Crippen molar-refractivity contribution in [1.29, 1.82) is 0 Å². The molecule has 2 unspecified atom stereocenters. The van der Waals surface area contributed by atoms with Gasteiger partial charge >= 0.3 is 5.97 Å². The Morgan fingerprint density at radius 3 is 2.35 bits per heavy atom. The quantitative estimate of drug-likeness (QED) is 0.501. The van der Waals surface area contributed by atoms with Crippen LogP contribution in [0.25, 0.3) is 0 Å². The Morgan fingerprint density at radius 2 is 1.88 bits per heavy atom. The molecule has 0 N–H and O–H groups in total. The average molecular weight is 243 g/mol. The van der Waals surface area contributed by atoms with E-state index in [0.717, 1.165) is 13.1 Å². The minimum atomic E-state index is -0.293. The summed E-state index contributed by atoms with van der Waals surface area (Å²) in [4.78, 5) is 13.3. The minimum Gasteiger partial charge on any atom is -0.463 e. The molecule has 1 saturated heterocycles. The van der Waals surface area contributed by atoms with Crippen molar-refractivity contribution in [3.05, 3.63) is 12.2 Å². The molecule has 0 amide bonds. The highest BCUT2D eigenvalue weighted by molar-refractivity contribution is 5.81. The van der Waals surface area contributed by atoms with Crippen LogP contribution in [-0.4, -0.2) is 63.5 Å². The Kier molecular flexibility index (Phi) is 6.18. The predicted octanol–water partition coefficient (Wildman–Crippen LogP) is 0.451. The first-order chi connectivity index (χ1) is 8.21. The molecule has 1 rings (SSSR count). The summed E-state index contributed by atoms with van der Waals surface area (Å²) >= 11 is 0. The van der Waals surface area contributed by atoms with Gasteiger partial charge in [0.1, 0.15) is 0 Å². The first kappa shape index (κ1) is 14.2. The van der Waals surface area contributed by atoms with Gasteiger partial charge in [-0.15, -0.1) is 0 Å². The Morgan fingerprint density at radius 1 is 1.29 bits per heavy atom. The fourth-order valence-electron chi connectivity index (χ4n) is 1.91. The van der Waals surface area contributed by atoms with Gasteiger partial charge in [-0.05, 0) is 6.92 Å². The first-order valence-corrected chi connectivity index (χ1v) is 5.82. The van der Waals surface area contributed by atoms with Crippen LogP contribution >= 0.6 is 0 Å². The largest absolute Gasteiger partial charge is 0.463 e. The maximum atomic E-state index is 11.1. The Bertz CT molecular complexity index is 255. The third-order valence-electron chi connectivity index (χ3n) is 2.80.